The van der Waals surface area contributed by atoms with E-state index in [1.54, 1.807) is 6.20 Å². The van der Waals surface area contributed by atoms with Crippen molar-refractivity contribution in [2.75, 3.05) is 13.2 Å². The number of hydrogen-bond acceptors (Lipinski definition) is 4. The van der Waals surface area contributed by atoms with Crippen LogP contribution in [0, 0.1) is 5.82 Å². The van der Waals surface area contributed by atoms with Gasteiger partial charge in [0.1, 0.15) is 5.82 Å². The van der Waals surface area contributed by atoms with Gasteiger partial charge in [0, 0.05) is 30.4 Å². The molecule has 0 aliphatic carbocycles. The monoisotopic (exact) mass is 328 g/mol. The Bertz CT molecular complexity index is 696. The van der Waals surface area contributed by atoms with E-state index in [1.807, 2.05) is 18.2 Å². The molecule has 0 amide bonds. The lowest BCUT2D eigenvalue weighted by Gasteiger charge is -2.51. The number of fused-ring (bicyclic) bond motifs is 2. The Balaban J connectivity index is 1.58. The maximum absolute atomic E-state index is 13.5. The Morgan fingerprint density at radius 3 is 2.54 bits per heavy atom. The van der Waals surface area contributed by atoms with Gasteiger partial charge in [-0.2, -0.15) is 0 Å². The average Bonchev–Trinajstić information content (AvgIpc) is 2.57. The third-order valence-electron chi connectivity index (χ3n) is 5.16. The summed E-state index contributed by atoms with van der Waals surface area (Å²) in [7, 11) is 0. The molecule has 1 aromatic carbocycles. The number of aliphatic hydroxyl groups is 1. The number of nitrogens with zero attached hydrogens (tertiary/aromatic N) is 2. The first kappa shape index (κ1) is 15.7. The molecular formula is C19H21FN2O2. The van der Waals surface area contributed by atoms with Gasteiger partial charge in [0.05, 0.1) is 25.0 Å². The summed E-state index contributed by atoms with van der Waals surface area (Å²) in [6.07, 6.45) is 3.80. The van der Waals surface area contributed by atoms with E-state index in [0.29, 0.717) is 31.6 Å². The molecule has 2 atom stereocenters. The molecule has 126 valence electrons. The van der Waals surface area contributed by atoms with E-state index in [0.717, 1.165) is 6.54 Å². The number of piperidine rings is 1. The van der Waals surface area contributed by atoms with Gasteiger partial charge in [-0.25, -0.2) is 4.39 Å². The fourth-order valence-corrected chi connectivity index (χ4v) is 4.00. The second-order valence-electron chi connectivity index (χ2n) is 6.83. The van der Waals surface area contributed by atoms with Gasteiger partial charge in [0.2, 0.25) is 0 Å². The average molecular weight is 328 g/mol. The lowest BCUT2D eigenvalue weighted by Crippen LogP contribution is -2.60. The second-order valence-corrected chi connectivity index (χ2v) is 6.83. The van der Waals surface area contributed by atoms with Crippen molar-refractivity contribution in [1.29, 1.82) is 0 Å². The van der Waals surface area contributed by atoms with E-state index < -0.39 is 11.4 Å². The molecule has 24 heavy (non-hydrogen) atoms. The predicted octanol–water partition coefficient (Wildman–Crippen LogP) is 2.47. The molecule has 2 saturated heterocycles. The fraction of sp³-hybridized carbons (Fsp3) is 0.421. The van der Waals surface area contributed by atoms with Crippen LogP contribution >= 0.6 is 0 Å². The summed E-state index contributed by atoms with van der Waals surface area (Å²) >= 11 is 0. The molecule has 2 unspecified atom stereocenters. The van der Waals surface area contributed by atoms with Crippen molar-refractivity contribution in [1.82, 2.24) is 9.88 Å². The number of morpholine rings is 1. The molecule has 0 radical (unpaired) electrons. The zero-order chi connectivity index (χ0) is 16.6. The molecule has 2 fully saturated rings. The normalized spacial score (nSPS) is 30.2. The van der Waals surface area contributed by atoms with Gasteiger partial charge in [0.25, 0.3) is 0 Å². The van der Waals surface area contributed by atoms with E-state index in [1.165, 1.54) is 17.8 Å². The molecule has 4 rings (SSSR count). The van der Waals surface area contributed by atoms with E-state index in [-0.39, 0.29) is 12.1 Å². The van der Waals surface area contributed by atoms with Crippen molar-refractivity contribution >= 4 is 0 Å². The Kier molecular flexibility index (Phi) is 4.08. The van der Waals surface area contributed by atoms with Crippen LogP contribution in [0.5, 0.6) is 0 Å². The lowest BCUT2D eigenvalue weighted by molar-refractivity contribution is -0.149. The summed E-state index contributed by atoms with van der Waals surface area (Å²) in [5.41, 5.74) is 0.785. The van der Waals surface area contributed by atoms with Crippen LogP contribution in [0.15, 0.2) is 48.8 Å². The van der Waals surface area contributed by atoms with Crippen LogP contribution in [0.4, 0.5) is 4.39 Å². The van der Waals surface area contributed by atoms with Crippen LogP contribution in [0.3, 0.4) is 0 Å². The fourth-order valence-electron chi connectivity index (χ4n) is 4.00. The Morgan fingerprint density at radius 1 is 1.17 bits per heavy atom. The highest BCUT2D eigenvalue weighted by molar-refractivity contribution is 5.23. The molecule has 2 aliphatic rings. The minimum absolute atomic E-state index is 0.117. The van der Waals surface area contributed by atoms with Crippen molar-refractivity contribution in [3.8, 4) is 0 Å². The van der Waals surface area contributed by atoms with Gasteiger partial charge in [-0.3, -0.25) is 9.88 Å². The highest BCUT2D eigenvalue weighted by Gasteiger charge is 2.47. The number of halogens is 1. The third kappa shape index (κ3) is 2.95. The molecule has 3 heterocycles. The summed E-state index contributed by atoms with van der Waals surface area (Å²) < 4.78 is 19.3. The maximum atomic E-state index is 13.5. The molecule has 2 aromatic rings. The van der Waals surface area contributed by atoms with E-state index in [9.17, 15) is 9.50 Å². The minimum Gasteiger partial charge on any atom is -0.385 e. The van der Waals surface area contributed by atoms with Crippen LogP contribution in [-0.4, -0.2) is 40.3 Å². The first-order valence-electron chi connectivity index (χ1n) is 8.35. The van der Waals surface area contributed by atoms with E-state index in [2.05, 4.69) is 22.0 Å². The molecule has 2 aliphatic heterocycles. The number of rotatable bonds is 3. The zero-order valence-electron chi connectivity index (χ0n) is 13.4. The minimum atomic E-state index is -1.04. The van der Waals surface area contributed by atoms with Crippen molar-refractivity contribution in [2.24, 2.45) is 0 Å². The maximum Gasteiger partial charge on any atom is 0.141 e. The Hall–Kier alpha value is -1.82. The number of hydrogen-bond donors (Lipinski definition) is 1. The summed E-state index contributed by atoms with van der Waals surface area (Å²) in [6.45, 7) is 2.03. The summed E-state index contributed by atoms with van der Waals surface area (Å²) in [5.74, 6) is -0.408. The molecule has 5 heteroatoms. The van der Waals surface area contributed by atoms with Crippen LogP contribution in [0.25, 0.3) is 0 Å². The summed E-state index contributed by atoms with van der Waals surface area (Å²) in [5, 5.41) is 11.2. The Morgan fingerprint density at radius 2 is 1.88 bits per heavy atom. The van der Waals surface area contributed by atoms with Crippen molar-refractivity contribution in [2.45, 2.75) is 37.1 Å². The lowest BCUT2D eigenvalue weighted by atomic mass is 9.77. The summed E-state index contributed by atoms with van der Waals surface area (Å²) in [4.78, 5) is 6.32. The molecule has 1 aromatic heterocycles. The van der Waals surface area contributed by atoms with Gasteiger partial charge >= 0.3 is 0 Å². The van der Waals surface area contributed by atoms with Crippen LogP contribution in [-0.2, 0) is 16.9 Å². The quantitative estimate of drug-likeness (QED) is 0.940. The van der Waals surface area contributed by atoms with Crippen molar-refractivity contribution < 1.29 is 14.2 Å². The van der Waals surface area contributed by atoms with Gasteiger partial charge in [-0.15, -0.1) is 0 Å². The zero-order valence-corrected chi connectivity index (χ0v) is 13.4. The highest BCUT2D eigenvalue weighted by Crippen LogP contribution is 2.41. The Labute approximate surface area is 140 Å². The molecular weight excluding hydrogens is 307 g/mol. The van der Waals surface area contributed by atoms with Crippen LogP contribution in [0.1, 0.15) is 24.0 Å². The first-order chi connectivity index (χ1) is 11.6. The second kappa shape index (κ2) is 6.24. The van der Waals surface area contributed by atoms with Gasteiger partial charge in [-0.1, -0.05) is 30.3 Å². The smallest absolute Gasteiger partial charge is 0.141 e. The largest absolute Gasteiger partial charge is 0.385 e. The van der Waals surface area contributed by atoms with E-state index in [4.69, 9.17) is 4.74 Å². The van der Waals surface area contributed by atoms with Crippen LogP contribution < -0.4 is 0 Å². The molecule has 2 bridgehead atoms. The predicted molar refractivity (Wildman–Crippen MR) is 87.7 cm³/mol. The topological polar surface area (TPSA) is 45.6 Å². The van der Waals surface area contributed by atoms with Crippen LogP contribution in [0.2, 0.25) is 0 Å². The van der Waals surface area contributed by atoms with Gasteiger partial charge < -0.3 is 9.84 Å². The first-order valence-corrected chi connectivity index (χ1v) is 8.35. The molecule has 1 N–H and O–H groups in total. The van der Waals surface area contributed by atoms with Gasteiger partial charge in [-0.05, 0) is 24.5 Å². The van der Waals surface area contributed by atoms with E-state index >= 15 is 0 Å². The molecule has 0 spiro atoms. The molecule has 4 nitrogen and oxygen atoms in total. The third-order valence-corrected chi connectivity index (χ3v) is 5.16. The van der Waals surface area contributed by atoms with Crippen molar-refractivity contribution in [3.05, 3.63) is 65.7 Å². The number of aromatic nitrogens is 1. The SMILES string of the molecule is OC1(c2cncc(F)c2)CC2COCC(C1)N2Cc1ccccc1. The number of benzene rings is 1. The highest BCUT2D eigenvalue weighted by atomic mass is 19.1. The van der Waals surface area contributed by atoms with Gasteiger partial charge in [0.15, 0.2) is 0 Å². The summed E-state index contributed by atoms with van der Waals surface area (Å²) in [6, 6.07) is 12.0. The van der Waals surface area contributed by atoms with Crippen molar-refractivity contribution in [3.63, 3.8) is 0 Å². The number of pyridine rings is 1. The number of ether oxygens (including phenoxy) is 1. The standard InChI is InChI=1S/C19H21FN2O2/c20-16-6-15(9-21-10-16)19(23)7-17-12-24-13-18(8-19)22(17)11-14-4-2-1-3-5-14/h1-6,9-10,17-18,23H,7-8,11-13H2. The molecule has 0 saturated carbocycles.